The molecule has 3 heteroatoms. The molecular formula is C13H11NO2. The van der Waals surface area contributed by atoms with Gasteiger partial charge in [-0.05, 0) is 23.8 Å². The van der Waals surface area contributed by atoms with Crippen molar-refractivity contribution >= 4 is 18.3 Å². The summed E-state index contributed by atoms with van der Waals surface area (Å²) in [4.78, 5) is 20.5. The number of carbonyl (C=O) groups excluding carboxylic acids is 2. The highest BCUT2D eigenvalue weighted by Gasteiger charge is 1.89. The molecule has 1 aromatic carbocycles. The lowest BCUT2D eigenvalue weighted by atomic mass is 10.1. The lowest BCUT2D eigenvalue weighted by molar-refractivity contribution is -0.117. The Bertz CT molecular complexity index is 461. The molecule has 2 N–H and O–H groups in total. The first-order valence-electron chi connectivity index (χ1n) is 4.71. The third kappa shape index (κ3) is 4.25. The van der Waals surface area contributed by atoms with Crippen molar-refractivity contribution in [1.82, 2.24) is 0 Å². The van der Waals surface area contributed by atoms with Crippen molar-refractivity contribution in [1.29, 1.82) is 0 Å². The molecule has 0 aromatic heterocycles. The van der Waals surface area contributed by atoms with Crippen molar-refractivity contribution in [2.75, 3.05) is 0 Å². The number of nitrogens with two attached hydrogens (primary N) is 1. The van der Waals surface area contributed by atoms with Crippen LogP contribution < -0.4 is 5.73 Å². The Morgan fingerprint density at radius 3 is 2.56 bits per heavy atom. The van der Waals surface area contributed by atoms with Crippen LogP contribution in [-0.4, -0.2) is 12.2 Å². The maximum absolute atomic E-state index is 10.4. The van der Waals surface area contributed by atoms with E-state index in [9.17, 15) is 9.59 Å². The summed E-state index contributed by atoms with van der Waals surface area (Å²) in [5, 5.41) is 0. The van der Waals surface area contributed by atoms with Crippen LogP contribution in [0.1, 0.15) is 17.5 Å². The second kappa shape index (κ2) is 6.20. The van der Waals surface area contributed by atoms with E-state index in [1.165, 1.54) is 6.08 Å². The second-order valence-electron chi connectivity index (χ2n) is 3.06. The molecule has 0 aliphatic carbocycles. The van der Waals surface area contributed by atoms with Gasteiger partial charge in [0, 0.05) is 5.56 Å². The average Bonchev–Trinajstić information content (AvgIpc) is 2.27. The van der Waals surface area contributed by atoms with Gasteiger partial charge in [-0.1, -0.05) is 30.0 Å². The molecule has 1 aromatic rings. The Morgan fingerprint density at radius 2 is 2.00 bits per heavy atom. The van der Waals surface area contributed by atoms with E-state index in [0.717, 1.165) is 17.4 Å². The molecular weight excluding hydrogens is 202 g/mol. The average molecular weight is 213 g/mol. The van der Waals surface area contributed by atoms with Gasteiger partial charge in [-0.15, -0.1) is 0 Å². The number of allylic oxidation sites excluding steroid dienone is 1. The molecule has 0 unspecified atom stereocenters. The normalized spacial score (nSPS) is 9.50. The minimum Gasteiger partial charge on any atom is -0.369 e. The monoisotopic (exact) mass is 213 g/mol. The Balaban J connectivity index is 2.70. The molecule has 0 spiro atoms. The summed E-state index contributed by atoms with van der Waals surface area (Å²) >= 11 is 0. The van der Waals surface area contributed by atoms with E-state index in [2.05, 4.69) is 11.8 Å². The zero-order valence-corrected chi connectivity index (χ0v) is 8.64. The fourth-order valence-electron chi connectivity index (χ4n) is 1.06. The molecule has 3 nitrogen and oxygen atoms in total. The van der Waals surface area contributed by atoms with Gasteiger partial charge < -0.3 is 5.73 Å². The number of aldehydes is 1. The van der Waals surface area contributed by atoms with Crippen molar-refractivity contribution < 1.29 is 9.59 Å². The summed E-state index contributed by atoms with van der Waals surface area (Å²) in [6.45, 7) is 0. The van der Waals surface area contributed by atoms with Crippen LogP contribution in [0.25, 0.3) is 6.08 Å². The summed E-state index contributed by atoms with van der Waals surface area (Å²) in [6, 6.07) is 7.32. The van der Waals surface area contributed by atoms with Gasteiger partial charge in [-0.3, -0.25) is 9.59 Å². The number of benzene rings is 1. The van der Waals surface area contributed by atoms with E-state index < -0.39 is 5.91 Å². The van der Waals surface area contributed by atoms with Gasteiger partial charge in [0.2, 0.25) is 5.91 Å². The molecule has 0 fully saturated rings. The highest BCUT2D eigenvalue weighted by Crippen LogP contribution is 2.04. The summed E-state index contributed by atoms with van der Waals surface area (Å²) in [5.41, 5.74) is 6.69. The first kappa shape index (κ1) is 11.7. The zero-order valence-electron chi connectivity index (χ0n) is 8.64. The van der Waals surface area contributed by atoms with Crippen LogP contribution >= 0.6 is 0 Å². The summed E-state index contributed by atoms with van der Waals surface area (Å²) in [6.07, 6.45) is 3.91. The summed E-state index contributed by atoms with van der Waals surface area (Å²) in [7, 11) is 0. The Kier molecular flexibility index (Phi) is 4.55. The largest absolute Gasteiger partial charge is 0.369 e. The minimum atomic E-state index is -0.432. The number of hydrogen-bond donors (Lipinski definition) is 1. The van der Waals surface area contributed by atoms with Gasteiger partial charge in [-0.25, -0.2) is 0 Å². The molecule has 0 bridgehead atoms. The van der Waals surface area contributed by atoms with Gasteiger partial charge in [0.05, 0.1) is 6.42 Å². The maximum Gasteiger partial charge on any atom is 0.229 e. The molecule has 0 atom stereocenters. The molecule has 0 saturated carbocycles. The van der Waals surface area contributed by atoms with Gasteiger partial charge in [0.1, 0.15) is 6.29 Å². The van der Waals surface area contributed by atoms with E-state index in [4.69, 9.17) is 5.73 Å². The Morgan fingerprint density at radius 1 is 1.31 bits per heavy atom. The lowest BCUT2D eigenvalue weighted by Crippen LogP contribution is -2.08. The summed E-state index contributed by atoms with van der Waals surface area (Å²) < 4.78 is 0. The SMILES string of the molecule is NC(=O)CC#Cc1ccc(/C=C/C=O)cc1. The van der Waals surface area contributed by atoms with E-state index in [1.807, 2.05) is 24.3 Å². The van der Waals surface area contributed by atoms with Crippen LogP contribution in [0.5, 0.6) is 0 Å². The molecule has 1 amide bonds. The molecule has 1 rings (SSSR count). The third-order valence-corrected chi connectivity index (χ3v) is 1.77. The molecule has 0 radical (unpaired) electrons. The first-order chi connectivity index (χ1) is 7.72. The molecule has 80 valence electrons. The van der Waals surface area contributed by atoms with Crippen LogP contribution in [0.2, 0.25) is 0 Å². The first-order valence-corrected chi connectivity index (χ1v) is 4.71. The van der Waals surface area contributed by atoms with Crippen LogP contribution in [-0.2, 0) is 9.59 Å². The quantitative estimate of drug-likeness (QED) is 0.464. The van der Waals surface area contributed by atoms with E-state index >= 15 is 0 Å². The highest BCUT2D eigenvalue weighted by atomic mass is 16.1. The van der Waals surface area contributed by atoms with Crippen molar-refractivity contribution in [3.63, 3.8) is 0 Å². The number of rotatable bonds is 3. The topological polar surface area (TPSA) is 60.2 Å². The number of amides is 1. The smallest absolute Gasteiger partial charge is 0.229 e. The van der Waals surface area contributed by atoms with E-state index in [-0.39, 0.29) is 6.42 Å². The maximum atomic E-state index is 10.4. The zero-order chi connectivity index (χ0) is 11.8. The lowest BCUT2D eigenvalue weighted by Gasteiger charge is -1.92. The van der Waals surface area contributed by atoms with Crippen molar-refractivity contribution in [2.24, 2.45) is 5.73 Å². The van der Waals surface area contributed by atoms with Crippen LogP contribution in [0, 0.1) is 11.8 Å². The number of primary amides is 1. The fourth-order valence-corrected chi connectivity index (χ4v) is 1.06. The van der Waals surface area contributed by atoms with Crippen LogP contribution in [0.3, 0.4) is 0 Å². The third-order valence-electron chi connectivity index (χ3n) is 1.77. The fraction of sp³-hybridized carbons (Fsp3) is 0.0769. The Labute approximate surface area is 94.0 Å². The molecule has 16 heavy (non-hydrogen) atoms. The highest BCUT2D eigenvalue weighted by molar-refractivity contribution is 5.76. The van der Waals surface area contributed by atoms with Gasteiger partial charge in [0.25, 0.3) is 0 Å². The molecule has 0 aliphatic rings. The van der Waals surface area contributed by atoms with E-state index in [1.54, 1.807) is 6.08 Å². The predicted molar refractivity (Wildman–Crippen MR) is 62.2 cm³/mol. The van der Waals surface area contributed by atoms with Gasteiger partial charge in [-0.2, -0.15) is 0 Å². The van der Waals surface area contributed by atoms with Crippen LogP contribution in [0.4, 0.5) is 0 Å². The standard InChI is InChI=1S/C13H11NO2/c14-13(16)5-1-3-11-6-8-12(9-7-11)4-2-10-15/h2,4,6-10H,5H2,(H2,14,16)/b4-2+. The van der Waals surface area contributed by atoms with Crippen molar-refractivity contribution in [3.8, 4) is 11.8 Å². The summed E-state index contributed by atoms with van der Waals surface area (Å²) in [5.74, 6) is 5.05. The van der Waals surface area contributed by atoms with Crippen LogP contribution in [0.15, 0.2) is 30.3 Å². The molecule has 0 saturated heterocycles. The van der Waals surface area contributed by atoms with Crippen molar-refractivity contribution in [2.45, 2.75) is 6.42 Å². The molecule has 0 aliphatic heterocycles. The van der Waals surface area contributed by atoms with Gasteiger partial charge in [0.15, 0.2) is 0 Å². The number of carbonyl (C=O) groups is 2. The molecule has 0 heterocycles. The van der Waals surface area contributed by atoms with Crippen molar-refractivity contribution in [3.05, 3.63) is 41.5 Å². The van der Waals surface area contributed by atoms with Gasteiger partial charge >= 0.3 is 0 Å². The predicted octanol–water partition coefficient (Wildman–Crippen LogP) is 1.13. The second-order valence-corrected chi connectivity index (χ2v) is 3.06. The van der Waals surface area contributed by atoms with E-state index in [0.29, 0.717) is 0 Å². The number of hydrogen-bond acceptors (Lipinski definition) is 2. The minimum absolute atomic E-state index is 0.0623. The Hall–Kier alpha value is -2.34.